The van der Waals surface area contributed by atoms with E-state index in [1.807, 2.05) is 41.8 Å². The highest BCUT2D eigenvalue weighted by molar-refractivity contribution is 14.1. The van der Waals surface area contributed by atoms with Crippen LogP contribution in [0.25, 0.3) is 5.65 Å². The Kier molecular flexibility index (Phi) is 7.12. The molecule has 0 spiro atoms. The molecule has 0 radical (unpaired) electrons. The minimum absolute atomic E-state index is 0.300. The highest BCUT2D eigenvalue weighted by Gasteiger charge is 2.16. The first-order valence-corrected chi connectivity index (χ1v) is 8.60. The maximum atomic E-state index is 12.1. The van der Waals surface area contributed by atoms with Crippen LogP contribution in [0.4, 0.5) is 5.69 Å². The van der Waals surface area contributed by atoms with E-state index in [-0.39, 0.29) is 0 Å². The molecule has 9 heteroatoms. The van der Waals surface area contributed by atoms with Crippen molar-refractivity contribution in [1.82, 2.24) is 9.38 Å². The molecule has 0 aromatic carbocycles. The topological polar surface area (TPSA) is 89.6 Å². The maximum Gasteiger partial charge on any atom is 0.356 e. The zero-order valence-corrected chi connectivity index (χ0v) is 15.6. The summed E-state index contributed by atoms with van der Waals surface area (Å²) < 4.78 is 13.8. The Bertz CT molecular complexity index is 757. The summed E-state index contributed by atoms with van der Waals surface area (Å²) in [6, 6.07) is 1.87. The normalized spacial score (nSPS) is 11.6. The third-order valence-electron chi connectivity index (χ3n) is 2.99. The molecule has 0 saturated heterocycles. The van der Waals surface area contributed by atoms with E-state index in [0.717, 1.165) is 5.56 Å². The van der Waals surface area contributed by atoms with Gasteiger partial charge in [0.05, 0.1) is 29.3 Å². The fourth-order valence-corrected chi connectivity index (χ4v) is 2.18. The molecule has 2 aromatic heterocycles. The third-order valence-corrected chi connectivity index (χ3v) is 3.31. The SMILES string of the molecule is CCOCc1cc(N/N=C\N=CI)c2ncc(C(=O)OCC)n2c1. The lowest BCUT2D eigenvalue weighted by atomic mass is 10.2. The first-order chi connectivity index (χ1) is 11.7. The molecule has 0 aliphatic heterocycles. The van der Waals surface area contributed by atoms with Crippen LogP contribution in [0, 0.1) is 0 Å². The van der Waals surface area contributed by atoms with E-state index >= 15 is 0 Å². The van der Waals surface area contributed by atoms with Gasteiger partial charge in [0.15, 0.2) is 11.3 Å². The van der Waals surface area contributed by atoms with Crippen LogP contribution in [0.1, 0.15) is 29.9 Å². The van der Waals surface area contributed by atoms with Gasteiger partial charge in [-0.1, -0.05) is 0 Å². The molecule has 0 fully saturated rings. The summed E-state index contributed by atoms with van der Waals surface area (Å²) in [6.07, 6.45) is 4.67. The molecule has 0 amide bonds. The Hall–Kier alpha value is -2.01. The number of carbonyl (C=O) groups excluding carboxylic acids is 1. The van der Waals surface area contributed by atoms with Crippen LogP contribution in [0.3, 0.4) is 0 Å². The maximum absolute atomic E-state index is 12.1. The number of anilines is 1. The lowest BCUT2D eigenvalue weighted by Gasteiger charge is -2.09. The van der Waals surface area contributed by atoms with E-state index < -0.39 is 5.97 Å². The van der Waals surface area contributed by atoms with Gasteiger partial charge in [-0.2, -0.15) is 5.10 Å². The van der Waals surface area contributed by atoms with Gasteiger partial charge in [0.25, 0.3) is 0 Å². The van der Waals surface area contributed by atoms with E-state index in [1.165, 1.54) is 12.5 Å². The molecule has 1 N–H and O–H groups in total. The highest BCUT2D eigenvalue weighted by Crippen LogP contribution is 2.21. The Morgan fingerprint density at radius 2 is 2.29 bits per heavy atom. The van der Waals surface area contributed by atoms with Crippen molar-refractivity contribution in [2.75, 3.05) is 18.6 Å². The van der Waals surface area contributed by atoms with Crippen molar-refractivity contribution in [2.45, 2.75) is 20.5 Å². The number of nitrogens with one attached hydrogen (secondary N) is 1. The van der Waals surface area contributed by atoms with Crippen LogP contribution in [0.15, 0.2) is 28.6 Å². The number of halogens is 1. The first-order valence-electron chi connectivity index (χ1n) is 7.35. The van der Waals surface area contributed by atoms with Gasteiger partial charge in [-0.25, -0.2) is 14.8 Å². The molecule has 128 valence electrons. The standard InChI is InChI=1S/C15H18IN5O3/c1-3-23-8-11-5-12(20-19-10-17-9-16)14-18-6-13(21(14)7-11)15(22)24-4-2/h5-7,9-10,20H,3-4,8H2,1-2H3/b17-9?,19-10-. The second-order valence-electron chi connectivity index (χ2n) is 4.56. The van der Waals surface area contributed by atoms with E-state index in [1.54, 1.807) is 15.5 Å². The van der Waals surface area contributed by atoms with Gasteiger partial charge in [0, 0.05) is 12.8 Å². The zero-order valence-electron chi connectivity index (χ0n) is 13.4. The number of hydrogen-bond acceptors (Lipinski definition) is 6. The summed E-state index contributed by atoms with van der Waals surface area (Å²) in [5.74, 6) is -0.428. The summed E-state index contributed by atoms with van der Waals surface area (Å²) >= 11 is 2.00. The van der Waals surface area contributed by atoms with Crippen molar-refractivity contribution in [2.24, 2.45) is 10.1 Å². The summed E-state index contributed by atoms with van der Waals surface area (Å²) in [5, 5.41) is 4.01. The second kappa shape index (κ2) is 9.33. The van der Waals surface area contributed by atoms with Crippen molar-refractivity contribution in [3.63, 3.8) is 0 Å². The van der Waals surface area contributed by atoms with Crippen molar-refractivity contribution in [3.05, 3.63) is 29.7 Å². The molecular formula is C15H18IN5O3. The van der Waals surface area contributed by atoms with Gasteiger partial charge in [-0.05, 0) is 48.1 Å². The highest BCUT2D eigenvalue weighted by atomic mass is 127. The second-order valence-corrected chi connectivity index (χ2v) is 5.12. The van der Waals surface area contributed by atoms with Gasteiger partial charge in [0.1, 0.15) is 6.34 Å². The third kappa shape index (κ3) is 4.51. The quantitative estimate of drug-likeness (QED) is 0.223. The number of rotatable bonds is 8. The first kappa shape index (κ1) is 18.3. The molecule has 0 saturated carbocycles. The van der Waals surface area contributed by atoms with Crippen LogP contribution in [0.2, 0.25) is 0 Å². The summed E-state index contributed by atoms with van der Waals surface area (Å²) in [4.78, 5) is 20.2. The average Bonchev–Trinajstić information content (AvgIpc) is 3.01. The number of fused-ring (bicyclic) bond motifs is 1. The number of carbonyl (C=O) groups is 1. The molecule has 0 unspecified atom stereocenters. The van der Waals surface area contributed by atoms with Gasteiger partial charge in [-0.15, -0.1) is 0 Å². The molecule has 2 rings (SSSR count). The van der Waals surface area contributed by atoms with Crippen molar-refractivity contribution < 1.29 is 14.3 Å². The number of hydrazone groups is 1. The van der Waals surface area contributed by atoms with Crippen LogP contribution < -0.4 is 5.43 Å². The minimum Gasteiger partial charge on any atom is -0.461 e. The number of esters is 1. The molecular weight excluding hydrogens is 425 g/mol. The smallest absolute Gasteiger partial charge is 0.356 e. The fraction of sp³-hybridized carbons (Fsp3) is 0.333. The van der Waals surface area contributed by atoms with Gasteiger partial charge in [-0.3, -0.25) is 9.83 Å². The summed E-state index contributed by atoms with van der Waals surface area (Å²) in [6.45, 7) is 4.99. The van der Waals surface area contributed by atoms with Crippen LogP contribution >= 0.6 is 22.6 Å². The number of ether oxygens (including phenoxy) is 2. The number of imidazole rings is 1. The average molecular weight is 443 g/mol. The lowest BCUT2D eigenvalue weighted by Crippen LogP contribution is -2.09. The molecule has 2 heterocycles. The number of pyridine rings is 1. The molecule has 0 atom stereocenters. The van der Waals surface area contributed by atoms with Gasteiger partial charge < -0.3 is 9.47 Å². The Labute approximate surface area is 153 Å². The van der Waals surface area contributed by atoms with Crippen LogP contribution in [0.5, 0.6) is 0 Å². The fourth-order valence-electron chi connectivity index (χ4n) is 2.04. The molecule has 0 bridgehead atoms. The molecule has 0 aliphatic rings. The largest absolute Gasteiger partial charge is 0.461 e. The Morgan fingerprint density at radius 3 is 3.00 bits per heavy atom. The van der Waals surface area contributed by atoms with Crippen molar-refractivity contribution >= 4 is 50.5 Å². The molecule has 24 heavy (non-hydrogen) atoms. The van der Waals surface area contributed by atoms with Gasteiger partial charge >= 0.3 is 5.97 Å². The number of aromatic nitrogens is 2. The van der Waals surface area contributed by atoms with E-state index in [9.17, 15) is 4.79 Å². The molecule has 8 nitrogen and oxygen atoms in total. The van der Waals surface area contributed by atoms with Crippen molar-refractivity contribution in [1.29, 1.82) is 0 Å². The van der Waals surface area contributed by atoms with E-state index in [2.05, 4.69) is 20.5 Å². The number of aliphatic imine (C=N–C) groups is 1. The monoisotopic (exact) mass is 443 g/mol. The molecule has 0 aliphatic carbocycles. The predicted octanol–water partition coefficient (Wildman–Crippen LogP) is 2.87. The van der Waals surface area contributed by atoms with Crippen LogP contribution in [-0.4, -0.2) is 39.1 Å². The Balaban J connectivity index is 2.44. The number of nitrogens with zero attached hydrogens (tertiary/aromatic N) is 4. The summed E-state index contributed by atoms with van der Waals surface area (Å²) in [7, 11) is 0. The van der Waals surface area contributed by atoms with Gasteiger partial charge in [0.2, 0.25) is 0 Å². The minimum atomic E-state index is -0.428. The molecule has 2 aromatic rings. The summed E-state index contributed by atoms with van der Waals surface area (Å²) in [5.41, 5.74) is 5.32. The predicted molar refractivity (Wildman–Crippen MR) is 101 cm³/mol. The van der Waals surface area contributed by atoms with E-state index in [4.69, 9.17) is 9.47 Å². The van der Waals surface area contributed by atoms with E-state index in [0.29, 0.717) is 36.8 Å². The number of hydrogen-bond donors (Lipinski definition) is 1. The van der Waals surface area contributed by atoms with Crippen molar-refractivity contribution in [3.8, 4) is 0 Å². The Morgan fingerprint density at radius 1 is 1.46 bits per heavy atom. The van der Waals surface area contributed by atoms with Crippen LogP contribution in [-0.2, 0) is 16.1 Å². The lowest BCUT2D eigenvalue weighted by molar-refractivity contribution is 0.0518. The zero-order chi connectivity index (χ0) is 17.4.